The number of benzene rings is 2. The fourth-order valence-corrected chi connectivity index (χ4v) is 4.15. The Kier molecular flexibility index (Phi) is 6.77. The zero-order chi connectivity index (χ0) is 23.4. The first-order chi connectivity index (χ1) is 15.9. The molecule has 0 unspecified atom stereocenters. The van der Waals surface area contributed by atoms with E-state index in [1.54, 1.807) is 12.1 Å². The number of nitrogens with one attached hydrogen (secondary N) is 1. The lowest BCUT2D eigenvalue weighted by Crippen LogP contribution is -2.28. The highest BCUT2D eigenvalue weighted by molar-refractivity contribution is 5.94. The van der Waals surface area contributed by atoms with E-state index in [1.807, 2.05) is 49.1 Å². The standard InChI is InChI=1S/C26H27FN4O2/c1-17-23(14-24(32)28-15-19-8-10-22(27)11-9-19)18(2)30-25(29-17)21-12-13-31(16-21)26(33)20-6-4-3-5-7-20/h3-11,21H,12-16H2,1-2H3,(H,28,32)/t21-/m1/s1. The third kappa shape index (κ3) is 5.42. The Morgan fingerprint density at radius 2 is 1.70 bits per heavy atom. The zero-order valence-electron chi connectivity index (χ0n) is 18.8. The monoisotopic (exact) mass is 446 g/mol. The van der Waals surface area contributed by atoms with Crippen LogP contribution in [0.4, 0.5) is 4.39 Å². The molecule has 1 aliphatic rings. The average Bonchev–Trinajstić information content (AvgIpc) is 3.31. The summed E-state index contributed by atoms with van der Waals surface area (Å²) in [6, 6.07) is 15.3. The van der Waals surface area contributed by atoms with Crippen LogP contribution in [0.25, 0.3) is 0 Å². The molecule has 0 bridgehead atoms. The molecular weight excluding hydrogens is 419 g/mol. The molecule has 6 nitrogen and oxygen atoms in total. The Balaban J connectivity index is 1.38. The first kappa shape index (κ1) is 22.6. The number of carbonyl (C=O) groups excluding carboxylic acids is 2. The summed E-state index contributed by atoms with van der Waals surface area (Å²) >= 11 is 0. The van der Waals surface area contributed by atoms with Gasteiger partial charge in [0.25, 0.3) is 5.91 Å². The van der Waals surface area contributed by atoms with E-state index in [2.05, 4.69) is 5.32 Å². The highest BCUT2D eigenvalue weighted by Crippen LogP contribution is 2.27. The number of halogens is 1. The van der Waals surface area contributed by atoms with Gasteiger partial charge in [0.2, 0.25) is 5.91 Å². The molecule has 2 aromatic carbocycles. The van der Waals surface area contributed by atoms with Crippen molar-refractivity contribution >= 4 is 11.8 Å². The summed E-state index contributed by atoms with van der Waals surface area (Å²) < 4.78 is 13.0. The zero-order valence-corrected chi connectivity index (χ0v) is 18.8. The molecule has 170 valence electrons. The average molecular weight is 447 g/mol. The molecule has 7 heteroatoms. The first-order valence-corrected chi connectivity index (χ1v) is 11.1. The van der Waals surface area contributed by atoms with E-state index in [1.165, 1.54) is 12.1 Å². The summed E-state index contributed by atoms with van der Waals surface area (Å²) in [4.78, 5) is 36.4. The van der Waals surface area contributed by atoms with Crippen molar-refractivity contribution in [3.63, 3.8) is 0 Å². The van der Waals surface area contributed by atoms with Crippen LogP contribution in [0.15, 0.2) is 54.6 Å². The number of carbonyl (C=O) groups is 2. The molecule has 1 fully saturated rings. The van der Waals surface area contributed by atoms with Crippen molar-refractivity contribution in [1.29, 1.82) is 0 Å². The van der Waals surface area contributed by atoms with Gasteiger partial charge in [0.15, 0.2) is 0 Å². The molecule has 0 aliphatic carbocycles. The van der Waals surface area contributed by atoms with Crippen LogP contribution in [0, 0.1) is 19.7 Å². The molecule has 33 heavy (non-hydrogen) atoms. The number of hydrogen-bond donors (Lipinski definition) is 1. The molecule has 1 atom stereocenters. The minimum atomic E-state index is -0.302. The second-order valence-electron chi connectivity index (χ2n) is 8.41. The molecule has 1 saturated heterocycles. The molecular formula is C26H27FN4O2. The molecule has 1 aliphatic heterocycles. The fourth-order valence-electron chi connectivity index (χ4n) is 4.15. The van der Waals surface area contributed by atoms with Gasteiger partial charge in [-0.3, -0.25) is 9.59 Å². The second kappa shape index (κ2) is 9.90. The van der Waals surface area contributed by atoms with Crippen LogP contribution in [0.5, 0.6) is 0 Å². The number of rotatable bonds is 6. The predicted molar refractivity (Wildman–Crippen MR) is 123 cm³/mol. The number of aromatic nitrogens is 2. The molecule has 2 amide bonds. The van der Waals surface area contributed by atoms with Gasteiger partial charge in [-0.1, -0.05) is 30.3 Å². The number of amides is 2. The van der Waals surface area contributed by atoms with E-state index in [0.29, 0.717) is 25.2 Å². The van der Waals surface area contributed by atoms with Crippen LogP contribution in [-0.2, 0) is 17.8 Å². The third-order valence-electron chi connectivity index (χ3n) is 6.04. The molecule has 1 aromatic heterocycles. The van der Waals surface area contributed by atoms with Crippen molar-refractivity contribution < 1.29 is 14.0 Å². The molecule has 0 spiro atoms. The third-order valence-corrected chi connectivity index (χ3v) is 6.04. The predicted octanol–water partition coefficient (Wildman–Crippen LogP) is 3.72. The van der Waals surface area contributed by atoms with Gasteiger partial charge in [-0.05, 0) is 50.1 Å². The molecule has 0 radical (unpaired) electrons. The molecule has 3 aromatic rings. The largest absolute Gasteiger partial charge is 0.352 e. The van der Waals surface area contributed by atoms with Crippen LogP contribution in [0.1, 0.15) is 51.0 Å². The lowest BCUT2D eigenvalue weighted by Gasteiger charge is -2.17. The van der Waals surface area contributed by atoms with Crippen LogP contribution in [-0.4, -0.2) is 39.8 Å². The Bertz CT molecular complexity index is 1130. The van der Waals surface area contributed by atoms with E-state index in [9.17, 15) is 14.0 Å². The lowest BCUT2D eigenvalue weighted by atomic mass is 10.0. The van der Waals surface area contributed by atoms with Crippen LogP contribution >= 0.6 is 0 Å². The van der Waals surface area contributed by atoms with E-state index in [0.717, 1.165) is 34.8 Å². The van der Waals surface area contributed by atoms with E-state index in [-0.39, 0.29) is 30.0 Å². The first-order valence-electron chi connectivity index (χ1n) is 11.1. The number of aryl methyl sites for hydroxylation is 2. The van der Waals surface area contributed by atoms with Gasteiger partial charge in [-0.25, -0.2) is 14.4 Å². The number of nitrogens with zero attached hydrogens (tertiary/aromatic N) is 3. The molecule has 1 N–H and O–H groups in total. The molecule has 4 rings (SSSR count). The van der Waals surface area contributed by atoms with Gasteiger partial charge in [-0.15, -0.1) is 0 Å². The Morgan fingerprint density at radius 3 is 2.36 bits per heavy atom. The SMILES string of the molecule is Cc1nc([C@@H]2CCN(C(=O)c3ccccc3)C2)nc(C)c1CC(=O)NCc1ccc(F)cc1. The molecule has 2 heterocycles. The van der Waals surface area contributed by atoms with Gasteiger partial charge >= 0.3 is 0 Å². The van der Waals surface area contributed by atoms with Gasteiger partial charge < -0.3 is 10.2 Å². The topological polar surface area (TPSA) is 75.2 Å². The summed E-state index contributed by atoms with van der Waals surface area (Å²) in [7, 11) is 0. The fraction of sp³-hybridized carbons (Fsp3) is 0.308. The highest BCUT2D eigenvalue weighted by atomic mass is 19.1. The van der Waals surface area contributed by atoms with E-state index >= 15 is 0 Å². The van der Waals surface area contributed by atoms with Crippen LogP contribution < -0.4 is 5.32 Å². The van der Waals surface area contributed by atoms with Crippen LogP contribution in [0.3, 0.4) is 0 Å². The maximum absolute atomic E-state index is 13.0. The van der Waals surface area contributed by atoms with Crippen molar-refractivity contribution in [3.05, 3.63) is 94.3 Å². The second-order valence-corrected chi connectivity index (χ2v) is 8.41. The smallest absolute Gasteiger partial charge is 0.253 e. The summed E-state index contributed by atoms with van der Waals surface area (Å²) in [6.45, 7) is 5.38. The van der Waals surface area contributed by atoms with Crippen molar-refractivity contribution in [1.82, 2.24) is 20.2 Å². The maximum Gasteiger partial charge on any atom is 0.253 e. The van der Waals surface area contributed by atoms with Crippen LogP contribution in [0.2, 0.25) is 0 Å². The summed E-state index contributed by atoms with van der Waals surface area (Å²) in [5.41, 5.74) is 3.89. The Morgan fingerprint density at radius 1 is 1.03 bits per heavy atom. The highest BCUT2D eigenvalue weighted by Gasteiger charge is 2.30. The number of likely N-dealkylation sites (tertiary alicyclic amines) is 1. The van der Waals surface area contributed by atoms with Crippen molar-refractivity contribution in [2.75, 3.05) is 13.1 Å². The summed E-state index contributed by atoms with van der Waals surface area (Å²) in [6.07, 6.45) is 0.997. The minimum Gasteiger partial charge on any atom is -0.352 e. The maximum atomic E-state index is 13.0. The minimum absolute atomic E-state index is 0.0287. The van der Waals surface area contributed by atoms with Crippen molar-refractivity contribution in [3.8, 4) is 0 Å². The van der Waals surface area contributed by atoms with E-state index in [4.69, 9.17) is 9.97 Å². The number of hydrogen-bond acceptors (Lipinski definition) is 4. The van der Waals surface area contributed by atoms with Crippen molar-refractivity contribution in [2.24, 2.45) is 0 Å². The van der Waals surface area contributed by atoms with Gasteiger partial charge in [0, 0.05) is 48.1 Å². The summed E-state index contributed by atoms with van der Waals surface area (Å²) in [5, 5.41) is 2.86. The lowest BCUT2D eigenvalue weighted by molar-refractivity contribution is -0.120. The van der Waals surface area contributed by atoms with E-state index < -0.39 is 0 Å². The molecule has 0 saturated carbocycles. The Labute approximate surface area is 192 Å². The van der Waals surface area contributed by atoms with Crippen molar-refractivity contribution in [2.45, 2.75) is 39.2 Å². The van der Waals surface area contributed by atoms with Gasteiger partial charge in [0.05, 0.1) is 6.42 Å². The quantitative estimate of drug-likeness (QED) is 0.626. The van der Waals surface area contributed by atoms with Gasteiger partial charge in [-0.2, -0.15) is 0 Å². The summed E-state index contributed by atoms with van der Waals surface area (Å²) in [5.74, 6) is 0.395. The normalized spacial score (nSPS) is 15.5. The Hall–Kier alpha value is -3.61. The van der Waals surface area contributed by atoms with Gasteiger partial charge in [0.1, 0.15) is 11.6 Å².